The second-order valence-electron chi connectivity index (χ2n) is 5.16. The minimum absolute atomic E-state index is 0.128. The highest BCUT2D eigenvalue weighted by Crippen LogP contribution is 2.30. The van der Waals surface area contributed by atoms with Crippen LogP contribution in [0.1, 0.15) is 43.3 Å². The van der Waals surface area contributed by atoms with Gasteiger partial charge in [0.15, 0.2) is 0 Å². The van der Waals surface area contributed by atoms with Gasteiger partial charge in [-0.25, -0.2) is 0 Å². The summed E-state index contributed by atoms with van der Waals surface area (Å²) in [5, 5.41) is 7.59. The van der Waals surface area contributed by atoms with Crippen molar-refractivity contribution in [3.05, 3.63) is 17.0 Å². The van der Waals surface area contributed by atoms with Crippen molar-refractivity contribution in [2.24, 2.45) is 0 Å². The van der Waals surface area contributed by atoms with E-state index >= 15 is 0 Å². The summed E-state index contributed by atoms with van der Waals surface area (Å²) in [6.07, 6.45) is 1.33. The van der Waals surface area contributed by atoms with E-state index in [0.29, 0.717) is 6.04 Å². The van der Waals surface area contributed by atoms with Crippen molar-refractivity contribution >= 4 is 0 Å². The van der Waals surface area contributed by atoms with Gasteiger partial charge in [-0.2, -0.15) is 0 Å². The van der Waals surface area contributed by atoms with E-state index in [0.717, 1.165) is 30.0 Å². The summed E-state index contributed by atoms with van der Waals surface area (Å²) in [4.78, 5) is 0. The maximum Gasteiger partial charge on any atom is 0.138 e. The molecule has 1 aromatic rings. The van der Waals surface area contributed by atoms with Gasteiger partial charge >= 0.3 is 0 Å². The second kappa shape index (κ2) is 6.03. The fourth-order valence-corrected chi connectivity index (χ4v) is 2.95. The van der Waals surface area contributed by atoms with Gasteiger partial charge in [-0.05, 0) is 34.1 Å². The molecule has 0 amide bonds. The fraction of sp³-hybridized carbons (Fsp3) is 0.786. The summed E-state index contributed by atoms with van der Waals surface area (Å²) in [5.41, 5.74) is 2.10. The molecule has 1 aliphatic carbocycles. The smallest absolute Gasteiger partial charge is 0.138 e. The standard InChI is InChI=1S/C14H24N2O3/c1-6-18-12-7-11(14(12)17-5)15-8(2)13-9(3)16-19-10(13)4/h8,11-12,14-15H,6-7H2,1-5H3. The average Bonchev–Trinajstić information content (AvgIpc) is 2.68. The van der Waals surface area contributed by atoms with Crippen LogP contribution < -0.4 is 5.32 Å². The Bertz CT molecular complexity index is 399. The molecule has 1 saturated carbocycles. The summed E-state index contributed by atoms with van der Waals surface area (Å²) in [6.45, 7) is 8.80. The summed E-state index contributed by atoms with van der Waals surface area (Å²) in [5.74, 6) is 0.882. The molecule has 5 nitrogen and oxygen atoms in total. The third-order valence-electron chi connectivity index (χ3n) is 3.89. The van der Waals surface area contributed by atoms with Crippen LogP contribution in [-0.2, 0) is 9.47 Å². The first-order chi connectivity index (χ1) is 9.08. The molecule has 1 N–H and O–H groups in total. The molecule has 5 heteroatoms. The second-order valence-corrected chi connectivity index (χ2v) is 5.16. The third-order valence-corrected chi connectivity index (χ3v) is 3.89. The number of nitrogens with one attached hydrogen (secondary N) is 1. The number of methoxy groups -OCH3 is 1. The molecule has 0 bridgehead atoms. The Hall–Kier alpha value is -0.910. The lowest BCUT2D eigenvalue weighted by Crippen LogP contribution is -2.60. The van der Waals surface area contributed by atoms with Crippen LogP contribution in [0.3, 0.4) is 0 Å². The van der Waals surface area contributed by atoms with Crippen LogP contribution in [0.2, 0.25) is 0 Å². The van der Waals surface area contributed by atoms with Crippen LogP contribution in [0.5, 0.6) is 0 Å². The van der Waals surface area contributed by atoms with Gasteiger partial charge in [0.25, 0.3) is 0 Å². The van der Waals surface area contributed by atoms with Gasteiger partial charge in [-0.1, -0.05) is 5.16 Å². The zero-order chi connectivity index (χ0) is 14.0. The molecule has 2 rings (SSSR count). The zero-order valence-corrected chi connectivity index (χ0v) is 12.4. The van der Waals surface area contributed by atoms with E-state index in [4.69, 9.17) is 14.0 Å². The Labute approximate surface area is 114 Å². The first-order valence-corrected chi connectivity index (χ1v) is 6.91. The third kappa shape index (κ3) is 2.83. The molecule has 0 radical (unpaired) electrons. The highest BCUT2D eigenvalue weighted by atomic mass is 16.5. The minimum Gasteiger partial charge on any atom is -0.377 e. The minimum atomic E-state index is 0.128. The molecule has 0 saturated heterocycles. The van der Waals surface area contributed by atoms with Crippen molar-refractivity contribution in [3.8, 4) is 0 Å². The van der Waals surface area contributed by atoms with Crippen LogP contribution in [0.15, 0.2) is 4.52 Å². The number of rotatable bonds is 6. The van der Waals surface area contributed by atoms with E-state index in [-0.39, 0.29) is 18.2 Å². The van der Waals surface area contributed by atoms with E-state index in [1.165, 1.54) is 0 Å². The number of nitrogens with zero attached hydrogens (tertiary/aromatic N) is 1. The summed E-state index contributed by atoms with van der Waals surface area (Å²) >= 11 is 0. The topological polar surface area (TPSA) is 56.5 Å². The van der Waals surface area contributed by atoms with Crippen molar-refractivity contribution in [2.45, 2.75) is 58.4 Å². The Morgan fingerprint density at radius 2 is 2.21 bits per heavy atom. The van der Waals surface area contributed by atoms with Crippen LogP contribution in [0.25, 0.3) is 0 Å². The first-order valence-electron chi connectivity index (χ1n) is 6.91. The molecule has 108 valence electrons. The Kier molecular flexibility index (Phi) is 4.60. The van der Waals surface area contributed by atoms with Crippen molar-refractivity contribution < 1.29 is 14.0 Å². The quantitative estimate of drug-likeness (QED) is 0.856. The Balaban J connectivity index is 1.95. The molecule has 19 heavy (non-hydrogen) atoms. The summed E-state index contributed by atoms with van der Waals surface area (Å²) in [7, 11) is 1.74. The van der Waals surface area contributed by atoms with Gasteiger partial charge in [-0.3, -0.25) is 0 Å². The lowest BCUT2D eigenvalue weighted by molar-refractivity contribution is -0.133. The van der Waals surface area contributed by atoms with Crippen LogP contribution in [0.4, 0.5) is 0 Å². The van der Waals surface area contributed by atoms with Crippen molar-refractivity contribution in [1.29, 1.82) is 0 Å². The highest BCUT2D eigenvalue weighted by Gasteiger charge is 2.42. The summed E-state index contributed by atoms with van der Waals surface area (Å²) in [6, 6.07) is 0.529. The van der Waals surface area contributed by atoms with Gasteiger partial charge in [0.2, 0.25) is 0 Å². The average molecular weight is 268 g/mol. The van der Waals surface area contributed by atoms with Crippen LogP contribution in [0, 0.1) is 13.8 Å². The lowest BCUT2D eigenvalue weighted by atomic mass is 9.84. The maximum absolute atomic E-state index is 5.64. The zero-order valence-electron chi connectivity index (χ0n) is 12.4. The molecule has 4 atom stereocenters. The normalized spacial score (nSPS) is 28.2. The van der Waals surface area contributed by atoms with Crippen molar-refractivity contribution in [2.75, 3.05) is 13.7 Å². The largest absolute Gasteiger partial charge is 0.377 e. The predicted molar refractivity (Wildman–Crippen MR) is 72.1 cm³/mol. The number of hydrogen-bond donors (Lipinski definition) is 1. The molecule has 1 fully saturated rings. The van der Waals surface area contributed by atoms with Gasteiger partial charge in [0.1, 0.15) is 5.76 Å². The van der Waals surface area contributed by atoms with Crippen LogP contribution >= 0.6 is 0 Å². The van der Waals surface area contributed by atoms with E-state index in [1.807, 2.05) is 20.8 Å². The van der Waals surface area contributed by atoms with Crippen LogP contribution in [-0.4, -0.2) is 37.1 Å². The van der Waals surface area contributed by atoms with Crippen molar-refractivity contribution in [3.63, 3.8) is 0 Å². The molecule has 1 aromatic heterocycles. The number of ether oxygens (including phenoxy) is 2. The van der Waals surface area contributed by atoms with Gasteiger partial charge in [0.05, 0.1) is 17.9 Å². The number of hydrogen-bond acceptors (Lipinski definition) is 5. The molecule has 1 heterocycles. The lowest BCUT2D eigenvalue weighted by Gasteiger charge is -2.44. The molecule has 0 aromatic carbocycles. The maximum atomic E-state index is 5.64. The molecule has 0 aliphatic heterocycles. The SMILES string of the molecule is CCOC1CC(NC(C)c2c(C)noc2C)C1OC. The van der Waals surface area contributed by atoms with Crippen molar-refractivity contribution in [1.82, 2.24) is 10.5 Å². The Morgan fingerprint density at radius 1 is 1.47 bits per heavy atom. The fourth-order valence-electron chi connectivity index (χ4n) is 2.95. The molecule has 0 spiro atoms. The molecular weight excluding hydrogens is 244 g/mol. The van der Waals surface area contributed by atoms with E-state index in [1.54, 1.807) is 7.11 Å². The van der Waals surface area contributed by atoms with Gasteiger partial charge in [-0.15, -0.1) is 0 Å². The number of aryl methyl sites for hydroxylation is 2. The number of aromatic nitrogens is 1. The molecule has 1 aliphatic rings. The predicted octanol–water partition coefficient (Wildman–Crippen LogP) is 2.13. The highest BCUT2D eigenvalue weighted by molar-refractivity contribution is 5.24. The first kappa shape index (κ1) is 14.5. The molecule has 4 unspecified atom stereocenters. The van der Waals surface area contributed by atoms with E-state index in [2.05, 4.69) is 17.4 Å². The summed E-state index contributed by atoms with van der Waals surface area (Å²) < 4.78 is 16.4. The van der Waals surface area contributed by atoms with E-state index in [9.17, 15) is 0 Å². The monoisotopic (exact) mass is 268 g/mol. The van der Waals surface area contributed by atoms with E-state index < -0.39 is 0 Å². The molecular formula is C14H24N2O3. The van der Waals surface area contributed by atoms with Gasteiger partial charge < -0.3 is 19.3 Å². The van der Waals surface area contributed by atoms with Gasteiger partial charge in [0, 0.05) is 31.4 Å². The Morgan fingerprint density at radius 3 is 2.74 bits per heavy atom.